The van der Waals surface area contributed by atoms with Crippen molar-refractivity contribution in [2.75, 3.05) is 4.90 Å². The first kappa shape index (κ1) is 33.2. The van der Waals surface area contributed by atoms with E-state index in [-0.39, 0.29) is 5.41 Å². The van der Waals surface area contributed by atoms with Crippen molar-refractivity contribution in [1.29, 1.82) is 0 Å². The van der Waals surface area contributed by atoms with E-state index in [4.69, 9.17) is 0 Å². The zero-order valence-corrected chi connectivity index (χ0v) is 32.0. The molecule has 0 atom stereocenters. The van der Waals surface area contributed by atoms with Crippen molar-refractivity contribution in [3.05, 3.63) is 217 Å². The molecule has 0 radical (unpaired) electrons. The SMILES string of the molecule is CC1(C)c2cc(N(c3ccc(-c4ccccc4)cc3)c3ccccc3-c3ccccc3)ccc2-c2c(-n3c4ccccc4c4ccc5ccccc5c43)cccc21. The minimum Gasteiger partial charge on any atom is -0.310 e. The molecule has 0 spiro atoms. The van der Waals surface area contributed by atoms with Crippen LogP contribution < -0.4 is 4.90 Å². The van der Waals surface area contributed by atoms with Crippen LogP contribution in [0.2, 0.25) is 0 Å². The molecule has 9 aromatic carbocycles. The van der Waals surface area contributed by atoms with Crippen LogP contribution in [0.3, 0.4) is 0 Å². The highest BCUT2D eigenvalue weighted by atomic mass is 15.1. The lowest BCUT2D eigenvalue weighted by molar-refractivity contribution is 0.660. The van der Waals surface area contributed by atoms with Crippen LogP contribution in [0.1, 0.15) is 25.0 Å². The molecule has 0 amide bonds. The Morgan fingerprint density at radius 3 is 1.88 bits per heavy atom. The predicted molar refractivity (Wildman–Crippen MR) is 241 cm³/mol. The smallest absolute Gasteiger partial charge is 0.0619 e. The second-order valence-electron chi connectivity index (χ2n) is 15.7. The lowest BCUT2D eigenvalue weighted by Gasteiger charge is -2.30. The molecule has 0 saturated carbocycles. The zero-order chi connectivity index (χ0) is 38.1. The summed E-state index contributed by atoms with van der Waals surface area (Å²) in [5, 5.41) is 5.07. The van der Waals surface area contributed by atoms with E-state index in [1.807, 2.05) is 0 Å². The molecule has 10 aromatic rings. The molecule has 270 valence electrons. The summed E-state index contributed by atoms with van der Waals surface area (Å²) < 4.78 is 2.53. The van der Waals surface area contributed by atoms with Gasteiger partial charge in [0.2, 0.25) is 0 Å². The molecule has 1 aromatic heterocycles. The van der Waals surface area contributed by atoms with E-state index in [0.29, 0.717) is 0 Å². The van der Waals surface area contributed by atoms with Gasteiger partial charge in [0.05, 0.1) is 22.4 Å². The Morgan fingerprint density at radius 2 is 1.07 bits per heavy atom. The third kappa shape index (κ3) is 5.18. The molecule has 1 heterocycles. The van der Waals surface area contributed by atoms with E-state index in [9.17, 15) is 0 Å². The van der Waals surface area contributed by atoms with Gasteiger partial charge in [-0.2, -0.15) is 0 Å². The van der Waals surface area contributed by atoms with E-state index >= 15 is 0 Å². The van der Waals surface area contributed by atoms with E-state index in [1.165, 1.54) is 82.8 Å². The molecule has 2 heteroatoms. The van der Waals surface area contributed by atoms with Crippen LogP contribution in [-0.2, 0) is 5.41 Å². The molecule has 0 bridgehead atoms. The third-order valence-electron chi connectivity index (χ3n) is 12.2. The quantitative estimate of drug-likeness (QED) is 0.165. The van der Waals surface area contributed by atoms with E-state index in [1.54, 1.807) is 0 Å². The fraction of sp³-hybridized carbons (Fsp3) is 0.0545. The summed E-state index contributed by atoms with van der Waals surface area (Å²) in [5.74, 6) is 0. The highest BCUT2D eigenvalue weighted by molar-refractivity contribution is 6.19. The van der Waals surface area contributed by atoms with Crippen molar-refractivity contribution in [3.8, 4) is 39.1 Å². The number of fused-ring (bicyclic) bond motifs is 8. The highest BCUT2D eigenvalue weighted by Gasteiger charge is 2.38. The van der Waals surface area contributed by atoms with Crippen LogP contribution in [0.5, 0.6) is 0 Å². The van der Waals surface area contributed by atoms with Gasteiger partial charge in [-0.3, -0.25) is 0 Å². The summed E-state index contributed by atoms with van der Waals surface area (Å²) in [6.07, 6.45) is 0. The number of nitrogens with zero attached hydrogens (tertiary/aromatic N) is 2. The van der Waals surface area contributed by atoms with Gasteiger partial charge in [0.15, 0.2) is 0 Å². The lowest BCUT2D eigenvalue weighted by Crippen LogP contribution is -2.17. The van der Waals surface area contributed by atoms with Crippen molar-refractivity contribution in [3.63, 3.8) is 0 Å². The van der Waals surface area contributed by atoms with Crippen LogP contribution in [0, 0.1) is 0 Å². The maximum atomic E-state index is 2.53. The molecule has 1 aliphatic rings. The monoisotopic (exact) mass is 728 g/mol. The lowest BCUT2D eigenvalue weighted by atomic mass is 9.82. The number of hydrogen-bond donors (Lipinski definition) is 0. The molecule has 1 aliphatic carbocycles. The molecule has 2 nitrogen and oxygen atoms in total. The molecular formula is C55H40N2. The fourth-order valence-corrected chi connectivity index (χ4v) is 9.45. The van der Waals surface area contributed by atoms with Crippen LogP contribution in [0.15, 0.2) is 206 Å². The third-order valence-corrected chi connectivity index (χ3v) is 12.2. The standard InChI is InChI=1S/C55H40N2/c1-55(2)48-24-15-27-52(57-51-26-14-12-23-45(51)46-34-30-40-20-9-10-22-44(40)54(46)57)53(48)47-35-33-42(36-49(47)55)56(41-31-28-38(29-32-41)37-16-5-3-6-17-37)50-25-13-11-21-43(50)39-18-7-4-8-19-39/h3-36H,1-2H3. The molecule has 11 rings (SSSR count). The summed E-state index contributed by atoms with van der Waals surface area (Å²) in [4.78, 5) is 2.44. The predicted octanol–water partition coefficient (Wildman–Crippen LogP) is 15.0. The zero-order valence-electron chi connectivity index (χ0n) is 32.0. The van der Waals surface area contributed by atoms with E-state index < -0.39 is 0 Å². The van der Waals surface area contributed by atoms with Crippen molar-refractivity contribution in [1.82, 2.24) is 4.57 Å². The number of para-hydroxylation sites is 2. The van der Waals surface area contributed by atoms with Crippen molar-refractivity contribution >= 4 is 49.6 Å². The van der Waals surface area contributed by atoms with E-state index in [0.717, 1.165) is 17.1 Å². The number of aromatic nitrogens is 1. The molecule has 57 heavy (non-hydrogen) atoms. The summed E-state index contributed by atoms with van der Waals surface area (Å²) in [7, 11) is 0. The summed E-state index contributed by atoms with van der Waals surface area (Å²) in [6.45, 7) is 4.78. The number of hydrogen-bond acceptors (Lipinski definition) is 1. The first-order valence-electron chi connectivity index (χ1n) is 19.9. The minimum atomic E-state index is -0.237. The average molecular weight is 729 g/mol. The Hall–Kier alpha value is -7.16. The van der Waals surface area contributed by atoms with Gasteiger partial charge in [-0.05, 0) is 81.2 Å². The van der Waals surface area contributed by atoms with Crippen LogP contribution in [0.4, 0.5) is 17.1 Å². The molecule has 0 fully saturated rings. The maximum Gasteiger partial charge on any atom is 0.0619 e. The fourth-order valence-electron chi connectivity index (χ4n) is 9.45. The molecule has 0 unspecified atom stereocenters. The van der Waals surface area contributed by atoms with Gasteiger partial charge in [-0.15, -0.1) is 0 Å². The Labute approximate surface area is 333 Å². The summed E-state index contributed by atoms with van der Waals surface area (Å²) >= 11 is 0. The largest absolute Gasteiger partial charge is 0.310 e. The van der Waals surface area contributed by atoms with Crippen molar-refractivity contribution in [2.45, 2.75) is 19.3 Å². The van der Waals surface area contributed by atoms with Gasteiger partial charge < -0.3 is 9.47 Å². The van der Waals surface area contributed by atoms with Crippen molar-refractivity contribution in [2.24, 2.45) is 0 Å². The summed E-state index contributed by atoms with van der Waals surface area (Å²) in [5.41, 5.74) is 16.9. The number of anilines is 3. The molecule has 0 N–H and O–H groups in total. The second kappa shape index (κ2) is 13.0. The number of rotatable bonds is 6. The Bertz CT molecular complexity index is 3130. The van der Waals surface area contributed by atoms with Crippen LogP contribution in [-0.4, -0.2) is 4.57 Å². The van der Waals surface area contributed by atoms with Gasteiger partial charge in [0, 0.05) is 44.1 Å². The summed E-state index contributed by atoms with van der Waals surface area (Å²) in [6, 6.07) is 75.5. The minimum absolute atomic E-state index is 0.237. The van der Waals surface area contributed by atoms with Gasteiger partial charge in [0.1, 0.15) is 0 Å². The highest BCUT2D eigenvalue weighted by Crippen LogP contribution is 2.54. The first-order valence-corrected chi connectivity index (χ1v) is 19.9. The molecular weight excluding hydrogens is 689 g/mol. The first-order chi connectivity index (χ1) is 28.1. The van der Waals surface area contributed by atoms with Crippen molar-refractivity contribution < 1.29 is 0 Å². The average Bonchev–Trinajstić information content (AvgIpc) is 3.73. The van der Waals surface area contributed by atoms with E-state index in [2.05, 4.69) is 230 Å². The topological polar surface area (TPSA) is 8.17 Å². The Morgan fingerprint density at radius 1 is 0.421 bits per heavy atom. The van der Waals surface area contributed by atoms with Gasteiger partial charge >= 0.3 is 0 Å². The van der Waals surface area contributed by atoms with Crippen LogP contribution >= 0.6 is 0 Å². The second-order valence-corrected chi connectivity index (χ2v) is 15.7. The normalized spacial score (nSPS) is 12.9. The molecule has 0 saturated heterocycles. The Kier molecular flexibility index (Phi) is 7.55. The Balaban J connectivity index is 1.13. The van der Waals surface area contributed by atoms with Gasteiger partial charge in [0.25, 0.3) is 0 Å². The van der Waals surface area contributed by atoms with Gasteiger partial charge in [-0.1, -0.05) is 178 Å². The molecule has 0 aliphatic heterocycles. The van der Waals surface area contributed by atoms with Crippen LogP contribution in [0.25, 0.3) is 71.6 Å². The van der Waals surface area contributed by atoms with Gasteiger partial charge in [-0.25, -0.2) is 0 Å². The number of benzene rings is 9. The maximum absolute atomic E-state index is 2.53.